The van der Waals surface area contributed by atoms with Crippen molar-refractivity contribution < 1.29 is 9.47 Å². The van der Waals surface area contributed by atoms with E-state index < -0.39 is 0 Å². The van der Waals surface area contributed by atoms with Crippen molar-refractivity contribution >= 4 is 21.7 Å². The van der Waals surface area contributed by atoms with Crippen molar-refractivity contribution in [3.05, 3.63) is 40.9 Å². The molecule has 0 aliphatic rings. The van der Waals surface area contributed by atoms with Crippen LogP contribution in [0.25, 0.3) is 21.5 Å². The van der Waals surface area contributed by atoms with Gasteiger partial charge in [-0.25, -0.2) is 4.98 Å². The van der Waals surface area contributed by atoms with Gasteiger partial charge in [0, 0.05) is 25.8 Å². The number of hydrogen-bond acceptors (Lipinski definition) is 6. The first-order valence-corrected chi connectivity index (χ1v) is 8.00. The lowest BCUT2D eigenvalue weighted by atomic mass is 10.1. The zero-order chi connectivity index (χ0) is 16.2. The average molecular weight is 331 g/mol. The van der Waals surface area contributed by atoms with Crippen molar-refractivity contribution in [2.75, 3.05) is 20.8 Å². The van der Waals surface area contributed by atoms with Gasteiger partial charge >= 0.3 is 0 Å². The Morgan fingerprint density at radius 2 is 2.00 bits per heavy atom. The first kappa shape index (κ1) is 15.6. The van der Waals surface area contributed by atoms with Crippen molar-refractivity contribution in [2.24, 2.45) is 0 Å². The molecule has 0 aliphatic heterocycles. The van der Waals surface area contributed by atoms with Gasteiger partial charge in [0.25, 0.3) is 5.56 Å². The predicted octanol–water partition coefficient (Wildman–Crippen LogP) is 2.57. The van der Waals surface area contributed by atoms with E-state index in [0.717, 1.165) is 23.4 Å². The van der Waals surface area contributed by atoms with Crippen LogP contribution in [0.1, 0.15) is 6.42 Å². The van der Waals surface area contributed by atoms with E-state index in [0.29, 0.717) is 23.4 Å². The van der Waals surface area contributed by atoms with E-state index in [9.17, 15) is 4.79 Å². The summed E-state index contributed by atoms with van der Waals surface area (Å²) in [6.45, 7) is 1.20. The number of benzene rings is 1. The molecular weight excluding hydrogens is 314 g/mol. The number of aryl methyl sites for hydroxylation is 1. The van der Waals surface area contributed by atoms with Crippen LogP contribution in [0.4, 0.5) is 0 Å². The second-order valence-electron chi connectivity index (χ2n) is 5.03. The Hall–Kier alpha value is -2.25. The summed E-state index contributed by atoms with van der Waals surface area (Å²) in [5, 5.41) is 0. The molecule has 0 unspecified atom stereocenters. The molecule has 1 aromatic carbocycles. The van der Waals surface area contributed by atoms with Gasteiger partial charge in [-0.3, -0.25) is 9.36 Å². The molecule has 0 aliphatic carbocycles. The maximum atomic E-state index is 12.5. The molecule has 0 bridgehead atoms. The number of methoxy groups -OCH3 is 2. The van der Waals surface area contributed by atoms with Crippen LogP contribution >= 0.6 is 11.5 Å². The van der Waals surface area contributed by atoms with Crippen molar-refractivity contribution in [1.29, 1.82) is 0 Å². The van der Waals surface area contributed by atoms with Crippen LogP contribution in [0, 0.1) is 0 Å². The largest absolute Gasteiger partial charge is 0.497 e. The third kappa shape index (κ3) is 3.11. The molecule has 3 aromatic rings. The van der Waals surface area contributed by atoms with Crippen molar-refractivity contribution in [3.8, 4) is 17.0 Å². The number of aromatic nitrogens is 3. The van der Waals surface area contributed by atoms with Gasteiger partial charge in [0.2, 0.25) is 0 Å². The monoisotopic (exact) mass is 331 g/mol. The van der Waals surface area contributed by atoms with Crippen LogP contribution in [0.3, 0.4) is 0 Å². The highest BCUT2D eigenvalue weighted by molar-refractivity contribution is 7.13. The first-order chi connectivity index (χ1) is 11.2. The molecule has 0 saturated carbocycles. The van der Waals surface area contributed by atoms with E-state index in [1.807, 2.05) is 24.3 Å². The van der Waals surface area contributed by atoms with Crippen molar-refractivity contribution in [1.82, 2.24) is 13.9 Å². The Bertz CT molecular complexity index is 855. The van der Waals surface area contributed by atoms with Gasteiger partial charge in [-0.05, 0) is 42.2 Å². The highest BCUT2D eigenvalue weighted by atomic mass is 32.1. The standard InChI is InChI=1S/C16H17N3O3S/c1-21-9-3-8-19-10-17-14-13(18-23-15(14)16(19)20)11-4-6-12(22-2)7-5-11/h4-7,10H,3,8-9H2,1-2H3. The zero-order valence-corrected chi connectivity index (χ0v) is 13.8. The number of rotatable bonds is 6. The molecule has 0 atom stereocenters. The molecule has 0 N–H and O–H groups in total. The van der Waals surface area contributed by atoms with Crippen LogP contribution in [0.15, 0.2) is 35.4 Å². The third-order valence-corrected chi connectivity index (χ3v) is 4.38. The van der Waals surface area contributed by atoms with Gasteiger partial charge in [0.15, 0.2) is 0 Å². The van der Waals surface area contributed by atoms with E-state index in [1.54, 1.807) is 25.1 Å². The molecule has 0 spiro atoms. The molecule has 0 radical (unpaired) electrons. The molecule has 0 amide bonds. The molecule has 0 saturated heterocycles. The minimum absolute atomic E-state index is 0.0524. The van der Waals surface area contributed by atoms with Gasteiger partial charge in [-0.2, -0.15) is 4.37 Å². The molecule has 2 aromatic heterocycles. The molecular formula is C16H17N3O3S. The number of fused-ring (bicyclic) bond motifs is 1. The lowest BCUT2D eigenvalue weighted by Gasteiger charge is -2.05. The van der Waals surface area contributed by atoms with Crippen LogP contribution in [-0.2, 0) is 11.3 Å². The van der Waals surface area contributed by atoms with Gasteiger partial charge in [-0.1, -0.05) is 0 Å². The van der Waals surface area contributed by atoms with E-state index in [1.165, 1.54) is 11.5 Å². The number of hydrogen-bond donors (Lipinski definition) is 0. The Labute approximate surface area is 137 Å². The fraction of sp³-hybridized carbons (Fsp3) is 0.312. The topological polar surface area (TPSA) is 66.2 Å². The maximum Gasteiger partial charge on any atom is 0.272 e. The first-order valence-electron chi connectivity index (χ1n) is 7.22. The summed E-state index contributed by atoms with van der Waals surface area (Å²) in [4.78, 5) is 16.9. The number of nitrogens with zero attached hydrogens (tertiary/aromatic N) is 3. The Morgan fingerprint density at radius 1 is 1.22 bits per heavy atom. The van der Waals surface area contributed by atoms with E-state index >= 15 is 0 Å². The molecule has 3 rings (SSSR count). The predicted molar refractivity (Wildman–Crippen MR) is 90.2 cm³/mol. The quantitative estimate of drug-likeness (QED) is 0.650. The fourth-order valence-corrected chi connectivity index (χ4v) is 3.14. The third-order valence-electron chi connectivity index (χ3n) is 3.56. The molecule has 6 nitrogen and oxygen atoms in total. The maximum absolute atomic E-state index is 12.5. The van der Waals surface area contributed by atoms with Crippen LogP contribution in [0.5, 0.6) is 5.75 Å². The van der Waals surface area contributed by atoms with Crippen LogP contribution in [0.2, 0.25) is 0 Å². The van der Waals surface area contributed by atoms with Crippen LogP contribution in [-0.4, -0.2) is 34.8 Å². The summed E-state index contributed by atoms with van der Waals surface area (Å²) in [5.41, 5.74) is 2.24. The summed E-state index contributed by atoms with van der Waals surface area (Å²) in [5.74, 6) is 0.779. The zero-order valence-electron chi connectivity index (χ0n) is 13.0. The van der Waals surface area contributed by atoms with E-state index in [4.69, 9.17) is 9.47 Å². The fourth-order valence-electron chi connectivity index (χ4n) is 2.33. The normalized spacial score (nSPS) is 11.0. The molecule has 120 valence electrons. The lowest BCUT2D eigenvalue weighted by Crippen LogP contribution is -2.20. The summed E-state index contributed by atoms with van der Waals surface area (Å²) in [7, 11) is 3.27. The Morgan fingerprint density at radius 3 is 2.70 bits per heavy atom. The SMILES string of the molecule is COCCCn1cnc2c(-c3ccc(OC)cc3)nsc2c1=O. The summed E-state index contributed by atoms with van der Waals surface area (Å²) >= 11 is 1.19. The smallest absolute Gasteiger partial charge is 0.272 e. The second kappa shape index (κ2) is 6.89. The Balaban J connectivity index is 1.97. The van der Waals surface area contributed by atoms with Crippen LogP contribution < -0.4 is 10.3 Å². The van der Waals surface area contributed by atoms with Gasteiger partial charge in [0.1, 0.15) is 21.7 Å². The summed E-state index contributed by atoms with van der Waals surface area (Å²) in [6.07, 6.45) is 2.36. The van der Waals surface area contributed by atoms with E-state index in [-0.39, 0.29) is 5.56 Å². The summed E-state index contributed by atoms with van der Waals surface area (Å²) < 4.78 is 16.8. The van der Waals surface area contributed by atoms with Gasteiger partial charge < -0.3 is 9.47 Å². The van der Waals surface area contributed by atoms with Crippen molar-refractivity contribution in [2.45, 2.75) is 13.0 Å². The Kier molecular flexibility index (Phi) is 4.68. The minimum Gasteiger partial charge on any atom is -0.497 e. The average Bonchev–Trinajstić information content (AvgIpc) is 3.02. The molecule has 23 heavy (non-hydrogen) atoms. The van der Waals surface area contributed by atoms with Gasteiger partial charge in [0.05, 0.1) is 13.4 Å². The van der Waals surface area contributed by atoms with Crippen molar-refractivity contribution in [3.63, 3.8) is 0 Å². The lowest BCUT2D eigenvalue weighted by molar-refractivity contribution is 0.190. The molecule has 7 heteroatoms. The minimum atomic E-state index is -0.0524. The molecule has 2 heterocycles. The molecule has 0 fully saturated rings. The number of ether oxygens (including phenoxy) is 2. The summed E-state index contributed by atoms with van der Waals surface area (Å²) in [6, 6.07) is 7.57. The van der Waals surface area contributed by atoms with Gasteiger partial charge in [-0.15, -0.1) is 0 Å². The highest BCUT2D eigenvalue weighted by Gasteiger charge is 2.14. The van der Waals surface area contributed by atoms with E-state index in [2.05, 4.69) is 9.36 Å². The highest BCUT2D eigenvalue weighted by Crippen LogP contribution is 2.28. The second-order valence-corrected chi connectivity index (χ2v) is 5.80.